The Bertz CT molecular complexity index is 816. The zero-order valence-corrected chi connectivity index (χ0v) is 11.8. The average molecular weight is 283 g/mol. The van der Waals surface area contributed by atoms with Gasteiger partial charge in [0, 0.05) is 5.56 Å². The first-order chi connectivity index (χ1) is 9.56. The number of nitrogens with zero attached hydrogens (tertiary/aromatic N) is 1. The predicted molar refractivity (Wildman–Crippen MR) is 80.4 cm³/mol. The molecule has 0 saturated carbocycles. The Morgan fingerprint density at radius 1 is 0.950 bits per heavy atom. The first-order valence-corrected chi connectivity index (χ1v) is 7.69. The highest BCUT2D eigenvalue weighted by Crippen LogP contribution is 2.26. The fraction of sp³-hybridized carbons (Fsp3) is 0.0625. The minimum absolute atomic E-state index is 0.281. The van der Waals surface area contributed by atoms with Crippen molar-refractivity contribution in [1.29, 1.82) is 0 Å². The van der Waals surface area contributed by atoms with Crippen LogP contribution in [-0.4, -0.2) is 14.1 Å². The lowest BCUT2D eigenvalue weighted by Crippen LogP contribution is -1.93. The third-order valence-corrected chi connectivity index (χ3v) is 4.52. The van der Waals surface area contributed by atoms with Crippen molar-refractivity contribution in [2.45, 2.75) is 11.8 Å². The van der Waals surface area contributed by atoms with Gasteiger partial charge in [0.2, 0.25) is 0 Å². The summed E-state index contributed by atoms with van der Waals surface area (Å²) in [5, 5.41) is 0. The monoisotopic (exact) mass is 283 g/mol. The molecule has 100 valence electrons. The first-order valence-electron chi connectivity index (χ1n) is 6.25. The lowest BCUT2D eigenvalue weighted by molar-refractivity contribution is 0.599. The number of hydrogen-bond acceptors (Lipinski definition) is 2. The second kappa shape index (κ2) is 4.72. The number of rotatable bonds is 2. The molecule has 1 aliphatic heterocycles. The molecule has 3 nitrogen and oxygen atoms in total. The Kier molecular flexibility index (Phi) is 3.03. The average Bonchev–Trinajstić information content (AvgIpc) is 2.70. The maximum atomic E-state index is 11.9. The summed E-state index contributed by atoms with van der Waals surface area (Å²) in [6.07, 6.45) is 3.62. The Morgan fingerprint density at radius 3 is 2.40 bits per heavy atom. The van der Waals surface area contributed by atoms with Crippen molar-refractivity contribution >= 4 is 21.8 Å². The number of benzene rings is 2. The molecule has 0 saturated heterocycles. The predicted octanol–water partition coefficient (Wildman–Crippen LogP) is 3.20. The van der Waals surface area contributed by atoms with E-state index < -0.39 is 10.0 Å². The van der Waals surface area contributed by atoms with E-state index in [-0.39, 0.29) is 4.90 Å². The van der Waals surface area contributed by atoms with Crippen LogP contribution in [0.15, 0.2) is 63.9 Å². The summed E-state index contributed by atoms with van der Waals surface area (Å²) in [7, 11) is -3.53. The van der Waals surface area contributed by atoms with E-state index in [1.54, 1.807) is 24.3 Å². The van der Waals surface area contributed by atoms with Crippen LogP contribution in [0.1, 0.15) is 16.7 Å². The van der Waals surface area contributed by atoms with E-state index in [4.69, 9.17) is 0 Å². The molecule has 0 N–H and O–H groups in total. The molecule has 2 aromatic carbocycles. The highest BCUT2D eigenvalue weighted by molar-refractivity contribution is 7.90. The summed E-state index contributed by atoms with van der Waals surface area (Å²) < 4.78 is 27.6. The van der Waals surface area contributed by atoms with Crippen molar-refractivity contribution in [1.82, 2.24) is 0 Å². The van der Waals surface area contributed by atoms with E-state index >= 15 is 0 Å². The lowest BCUT2D eigenvalue weighted by Gasteiger charge is -1.97. The van der Waals surface area contributed by atoms with Crippen molar-refractivity contribution in [3.05, 3.63) is 71.3 Å². The summed E-state index contributed by atoms with van der Waals surface area (Å²) in [6, 6.07) is 14.9. The largest absolute Gasteiger partial charge is 0.283 e. The van der Waals surface area contributed by atoms with Crippen LogP contribution in [0.3, 0.4) is 0 Å². The maximum Gasteiger partial charge on any atom is 0.283 e. The maximum absolute atomic E-state index is 11.9. The van der Waals surface area contributed by atoms with Crippen LogP contribution in [0.4, 0.5) is 0 Å². The SMILES string of the molecule is Cc1ccc(/C=C\C2=NS(=O)(=O)c3ccccc32)cc1. The Hall–Kier alpha value is -2.20. The summed E-state index contributed by atoms with van der Waals surface area (Å²) >= 11 is 0. The van der Waals surface area contributed by atoms with Crippen molar-refractivity contribution < 1.29 is 8.42 Å². The number of fused-ring (bicyclic) bond motifs is 1. The Balaban J connectivity index is 1.98. The van der Waals surface area contributed by atoms with Crippen LogP contribution >= 0.6 is 0 Å². The van der Waals surface area contributed by atoms with E-state index in [9.17, 15) is 8.42 Å². The molecule has 0 bridgehead atoms. The van der Waals surface area contributed by atoms with Crippen LogP contribution in [0, 0.1) is 6.92 Å². The van der Waals surface area contributed by atoms with Crippen LogP contribution < -0.4 is 0 Å². The van der Waals surface area contributed by atoms with Crippen molar-refractivity contribution in [3.8, 4) is 0 Å². The smallest absolute Gasteiger partial charge is 0.199 e. The normalized spacial score (nSPS) is 16.1. The zero-order valence-electron chi connectivity index (χ0n) is 10.9. The molecule has 0 aliphatic carbocycles. The minimum Gasteiger partial charge on any atom is -0.199 e. The summed E-state index contributed by atoms with van der Waals surface area (Å²) in [5.41, 5.74) is 3.35. The van der Waals surface area contributed by atoms with E-state index in [1.165, 1.54) is 5.56 Å². The standard InChI is InChI=1S/C16H13NO2S/c1-12-6-8-13(9-7-12)10-11-15-14-4-2-3-5-16(14)20(18,19)17-15/h2-11H,1H3/b11-10-. The molecule has 0 radical (unpaired) electrons. The van der Waals surface area contributed by atoms with Gasteiger partial charge in [-0.15, -0.1) is 0 Å². The number of aryl methyl sites for hydroxylation is 1. The molecule has 1 heterocycles. The summed E-state index contributed by atoms with van der Waals surface area (Å²) in [4.78, 5) is 0.281. The molecular weight excluding hydrogens is 270 g/mol. The van der Waals surface area contributed by atoms with E-state index in [0.29, 0.717) is 11.3 Å². The molecule has 0 aromatic heterocycles. The van der Waals surface area contributed by atoms with Gasteiger partial charge in [-0.2, -0.15) is 12.8 Å². The highest BCUT2D eigenvalue weighted by atomic mass is 32.2. The van der Waals surface area contributed by atoms with Crippen LogP contribution in [-0.2, 0) is 10.0 Å². The van der Waals surface area contributed by atoms with Gasteiger partial charge in [0.05, 0.1) is 10.6 Å². The molecule has 0 spiro atoms. The lowest BCUT2D eigenvalue weighted by atomic mass is 10.1. The number of allylic oxidation sites excluding steroid dienone is 1. The van der Waals surface area contributed by atoms with Crippen molar-refractivity contribution in [2.24, 2.45) is 4.40 Å². The number of hydrogen-bond donors (Lipinski definition) is 0. The molecule has 4 heteroatoms. The minimum atomic E-state index is -3.53. The highest BCUT2D eigenvalue weighted by Gasteiger charge is 2.26. The third-order valence-electron chi connectivity index (χ3n) is 3.17. The fourth-order valence-corrected chi connectivity index (χ4v) is 3.32. The van der Waals surface area contributed by atoms with Crippen LogP contribution in [0.2, 0.25) is 0 Å². The van der Waals surface area contributed by atoms with Gasteiger partial charge >= 0.3 is 0 Å². The molecule has 0 fully saturated rings. The molecule has 1 aliphatic rings. The van der Waals surface area contributed by atoms with Gasteiger partial charge in [-0.05, 0) is 24.6 Å². The van der Waals surface area contributed by atoms with Gasteiger partial charge in [0.25, 0.3) is 10.0 Å². The van der Waals surface area contributed by atoms with Gasteiger partial charge in [0.15, 0.2) is 0 Å². The zero-order chi connectivity index (χ0) is 14.2. The van der Waals surface area contributed by atoms with E-state index in [2.05, 4.69) is 4.40 Å². The molecular formula is C16H13NO2S. The second-order valence-corrected chi connectivity index (χ2v) is 6.26. The molecule has 0 unspecified atom stereocenters. The van der Waals surface area contributed by atoms with E-state index in [0.717, 1.165) is 5.56 Å². The molecule has 2 aromatic rings. The van der Waals surface area contributed by atoms with Gasteiger partial charge in [-0.25, -0.2) is 0 Å². The number of sulfonamides is 1. The summed E-state index contributed by atoms with van der Waals surface area (Å²) in [5.74, 6) is 0. The Labute approximate surface area is 118 Å². The second-order valence-electron chi connectivity index (χ2n) is 4.69. The Morgan fingerprint density at radius 2 is 1.65 bits per heavy atom. The van der Waals surface area contributed by atoms with Gasteiger partial charge in [-0.1, -0.05) is 54.1 Å². The van der Waals surface area contributed by atoms with Crippen LogP contribution in [0.25, 0.3) is 6.08 Å². The molecule has 0 amide bonds. The summed E-state index contributed by atoms with van der Waals surface area (Å²) in [6.45, 7) is 2.03. The first kappa shape index (κ1) is 12.8. The molecule has 20 heavy (non-hydrogen) atoms. The topological polar surface area (TPSA) is 46.5 Å². The van der Waals surface area contributed by atoms with Gasteiger partial charge in [-0.3, -0.25) is 0 Å². The van der Waals surface area contributed by atoms with Gasteiger partial charge in [0.1, 0.15) is 0 Å². The van der Waals surface area contributed by atoms with E-state index in [1.807, 2.05) is 43.3 Å². The third kappa shape index (κ3) is 2.30. The van der Waals surface area contributed by atoms with Gasteiger partial charge < -0.3 is 0 Å². The van der Waals surface area contributed by atoms with Crippen LogP contribution in [0.5, 0.6) is 0 Å². The van der Waals surface area contributed by atoms with Crippen molar-refractivity contribution in [3.63, 3.8) is 0 Å². The fourth-order valence-electron chi connectivity index (χ4n) is 2.10. The molecule has 0 atom stereocenters. The van der Waals surface area contributed by atoms with Crippen molar-refractivity contribution in [2.75, 3.05) is 0 Å². The molecule has 3 rings (SSSR count). The quantitative estimate of drug-likeness (QED) is 0.849.